The third-order valence-electron chi connectivity index (χ3n) is 7.17. The lowest BCUT2D eigenvalue weighted by molar-refractivity contribution is 0.796. The third-order valence-corrected chi connectivity index (χ3v) is 7.17. The van der Waals surface area contributed by atoms with E-state index in [-0.39, 0.29) is 0 Å². The van der Waals surface area contributed by atoms with Crippen LogP contribution in [-0.2, 0) is 6.54 Å². The molecule has 0 aliphatic rings. The van der Waals surface area contributed by atoms with Crippen molar-refractivity contribution in [2.45, 2.75) is 13.5 Å². The molecular formula is C33H24N2. The van der Waals surface area contributed by atoms with Crippen LogP contribution < -0.4 is 0 Å². The molecule has 0 aliphatic carbocycles. The van der Waals surface area contributed by atoms with E-state index in [1.54, 1.807) is 0 Å². The largest absolute Gasteiger partial charge is 0.324 e. The van der Waals surface area contributed by atoms with Crippen molar-refractivity contribution in [1.29, 1.82) is 0 Å². The molecule has 7 aromatic rings. The zero-order chi connectivity index (χ0) is 23.4. The summed E-state index contributed by atoms with van der Waals surface area (Å²) in [5.41, 5.74) is 5.80. The molecule has 0 aliphatic heterocycles. The van der Waals surface area contributed by atoms with Crippen molar-refractivity contribution in [3.05, 3.63) is 115 Å². The van der Waals surface area contributed by atoms with Crippen LogP contribution in [0.25, 0.3) is 65.9 Å². The van der Waals surface area contributed by atoms with Crippen molar-refractivity contribution in [1.82, 2.24) is 9.55 Å². The molecule has 2 nitrogen and oxygen atoms in total. The minimum atomic E-state index is 0.880. The van der Waals surface area contributed by atoms with Gasteiger partial charge in [0.25, 0.3) is 0 Å². The maximum Gasteiger partial charge on any atom is 0.141 e. The van der Waals surface area contributed by atoms with Gasteiger partial charge < -0.3 is 4.57 Å². The van der Waals surface area contributed by atoms with E-state index >= 15 is 0 Å². The maximum atomic E-state index is 5.10. The zero-order valence-electron chi connectivity index (χ0n) is 19.6. The third kappa shape index (κ3) is 3.07. The van der Waals surface area contributed by atoms with Crippen LogP contribution in [-0.4, -0.2) is 9.55 Å². The summed E-state index contributed by atoms with van der Waals surface area (Å²) >= 11 is 0. The van der Waals surface area contributed by atoms with Gasteiger partial charge in [0.05, 0.1) is 11.0 Å². The van der Waals surface area contributed by atoms with Crippen LogP contribution >= 0.6 is 0 Å². The van der Waals surface area contributed by atoms with E-state index in [1.807, 2.05) is 0 Å². The molecule has 0 bridgehead atoms. The highest BCUT2D eigenvalue weighted by Gasteiger charge is 2.15. The van der Waals surface area contributed by atoms with E-state index in [2.05, 4.69) is 127 Å². The summed E-state index contributed by atoms with van der Waals surface area (Å²) < 4.78 is 2.31. The van der Waals surface area contributed by atoms with E-state index in [4.69, 9.17) is 4.98 Å². The van der Waals surface area contributed by atoms with Gasteiger partial charge in [0.15, 0.2) is 0 Å². The van der Waals surface area contributed by atoms with E-state index in [0.717, 1.165) is 23.4 Å². The van der Waals surface area contributed by atoms with Gasteiger partial charge in [-0.2, -0.15) is 0 Å². The fourth-order valence-electron chi connectivity index (χ4n) is 5.52. The quantitative estimate of drug-likeness (QED) is 0.247. The highest BCUT2D eigenvalue weighted by Crippen LogP contribution is 2.39. The number of imidazole rings is 1. The number of aryl methyl sites for hydroxylation is 1. The standard InChI is InChI=1S/C33H24N2/c1-2-35-32-19-17-24(20-31(32)34-33(35)23-11-4-3-5-12-23)29-21-30-25-13-7-6-10-22(25)16-18-28(30)26-14-8-9-15-27(26)29/h3-21H,2H2,1H3. The van der Waals surface area contributed by atoms with Crippen molar-refractivity contribution >= 4 is 43.4 Å². The Kier molecular flexibility index (Phi) is 4.46. The number of aromatic nitrogens is 2. The molecule has 1 aromatic heterocycles. The Morgan fingerprint density at radius 1 is 0.571 bits per heavy atom. The number of hydrogen-bond donors (Lipinski definition) is 0. The SMILES string of the molecule is CCn1c(-c2ccccc2)nc2cc(-c3cc4c5ccccc5ccc4c4ccccc34)ccc21. The Morgan fingerprint density at radius 3 is 2.11 bits per heavy atom. The molecule has 0 saturated carbocycles. The van der Waals surface area contributed by atoms with Crippen molar-refractivity contribution in [2.75, 3.05) is 0 Å². The summed E-state index contributed by atoms with van der Waals surface area (Å²) in [6, 6.07) is 41.5. The van der Waals surface area contributed by atoms with Gasteiger partial charge in [-0.05, 0) is 68.6 Å². The van der Waals surface area contributed by atoms with Crippen molar-refractivity contribution in [3.8, 4) is 22.5 Å². The van der Waals surface area contributed by atoms with Gasteiger partial charge in [-0.1, -0.05) is 97.1 Å². The molecule has 7 rings (SSSR count). The molecule has 0 spiro atoms. The second-order valence-electron chi connectivity index (χ2n) is 9.10. The van der Waals surface area contributed by atoms with Crippen LogP contribution in [0.1, 0.15) is 6.92 Å². The predicted molar refractivity (Wildman–Crippen MR) is 149 cm³/mol. The Labute approximate surface area is 204 Å². The Hall–Kier alpha value is -4.43. The van der Waals surface area contributed by atoms with Crippen LogP contribution in [0.5, 0.6) is 0 Å². The summed E-state index contributed by atoms with van der Waals surface area (Å²) in [6.07, 6.45) is 0. The second-order valence-corrected chi connectivity index (χ2v) is 9.10. The topological polar surface area (TPSA) is 17.8 Å². The summed E-state index contributed by atoms with van der Waals surface area (Å²) in [5.74, 6) is 1.02. The van der Waals surface area contributed by atoms with Gasteiger partial charge in [0.1, 0.15) is 5.82 Å². The van der Waals surface area contributed by atoms with Crippen LogP contribution in [0.3, 0.4) is 0 Å². The molecule has 35 heavy (non-hydrogen) atoms. The Balaban J connectivity index is 1.52. The van der Waals surface area contributed by atoms with E-state index in [1.165, 1.54) is 49.0 Å². The summed E-state index contributed by atoms with van der Waals surface area (Å²) in [5, 5.41) is 7.71. The minimum absolute atomic E-state index is 0.880. The minimum Gasteiger partial charge on any atom is -0.324 e. The molecule has 0 N–H and O–H groups in total. The molecule has 0 radical (unpaired) electrons. The number of hydrogen-bond acceptors (Lipinski definition) is 1. The summed E-state index contributed by atoms with van der Waals surface area (Å²) in [6.45, 7) is 3.06. The number of nitrogens with zero attached hydrogens (tertiary/aromatic N) is 2. The molecule has 2 heteroatoms. The summed E-state index contributed by atoms with van der Waals surface area (Å²) in [7, 11) is 0. The molecular weight excluding hydrogens is 424 g/mol. The van der Waals surface area contributed by atoms with Crippen molar-refractivity contribution in [2.24, 2.45) is 0 Å². The first-order chi connectivity index (χ1) is 17.3. The fourth-order valence-corrected chi connectivity index (χ4v) is 5.52. The Morgan fingerprint density at radius 2 is 1.29 bits per heavy atom. The first kappa shape index (κ1) is 20.0. The number of benzene rings is 6. The van der Waals surface area contributed by atoms with Gasteiger partial charge in [-0.3, -0.25) is 0 Å². The molecule has 0 saturated heterocycles. The highest BCUT2D eigenvalue weighted by molar-refractivity contribution is 6.21. The second kappa shape index (κ2) is 7.82. The van der Waals surface area contributed by atoms with Gasteiger partial charge >= 0.3 is 0 Å². The normalized spacial score (nSPS) is 11.7. The van der Waals surface area contributed by atoms with Crippen LogP contribution in [0, 0.1) is 0 Å². The van der Waals surface area contributed by atoms with Gasteiger partial charge in [0, 0.05) is 12.1 Å². The van der Waals surface area contributed by atoms with Crippen molar-refractivity contribution in [3.63, 3.8) is 0 Å². The first-order valence-corrected chi connectivity index (χ1v) is 12.2. The van der Waals surface area contributed by atoms with E-state index in [0.29, 0.717) is 0 Å². The van der Waals surface area contributed by atoms with E-state index < -0.39 is 0 Å². The highest BCUT2D eigenvalue weighted by atomic mass is 15.1. The first-order valence-electron chi connectivity index (χ1n) is 12.2. The zero-order valence-corrected chi connectivity index (χ0v) is 19.6. The molecule has 166 valence electrons. The molecule has 0 amide bonds. The summed E-state index contributed by atoms with van der Waals surface area (Å²) in [4.78, 5) is 5.10. The van der Waals surface area contributed by atoms with Gasteiger partial charge in [-0.15, -0.1) is 0 Å². The monoisotopic (exact) mass is 448 g/mol. The average molecular weight is 449 g/mol. The molecule has 0 fully saturated rings. The Bertz CT molecular complexity index is 1880. The van der Waals surface area contributed by atoms with Crippen LogP contribution in [0.15, 0.2) is 115 Å². The maximum absolute atomic E-state index is 5.10. The van der Waals surface area contributed by atoms with E-state index in [9.17, 15) is 0 Å². The van der Waals surface area contributed by atoms with Crippen molar-refractivity contribution < 1.29 is 0 Å². The van der Waals surface area contributed by atoms with Gasteiger partial charge in [0.2, 0.25) is 0 Å². The number of fused-ring (bicyclic) bond motifs is 6. The number of rotatable bonds is 3. The molecule has 6 aromatic carbocycles. The van der Waals surface area contributed by atoms with Crippen LogP contribution in [0.2, 0.25) is 0 Å². The molecule has 0 unspecified atom stereocenters. The lowest BCUT2D eigenvalue weighted by Gasteiger charge is -2.13. The molecule has 1 heterocycles. The average Bonchev–Trinajstić information content (AvgIpc) is 3.31. The van der Waals surface area contributed by atoms with Crippen LogP contribution in [0.4, 0.5) is 0 Å². The lowest BCUT2D eigenvalue weighted by atomic mass is 9.91. The lowest BCUT2D eigenvalue weighted by Crippen LogP contribution is -1.97. The van der Waals surface area contributed by atoms with Gasteiger partial charge in [-0.25, -0.2) is 4.98 Å². The fraction of sp³-hybridized carbons (Fsp3) is 0.0606. The molecule has 0 atom stereocenters. The predicted octanol–water partition coefficient (Wildman–Crippen LogP) is 8.85. The smallest absolute Gasteiger partial charge is 0.141 e.